The number of rotatable bonds is 2. The van der Waals surface area contributed by atoms with Gasteiger partial charge in [0.2, 0.25) is 0 Å². The first kappa shape index (κ1) is 12.4. The Morgan fingerprint density at radius 2 is 1.75 bits per heavy atom. The van der Waals surface area contributed by atoms with Gasteiger partial charge in [0.25, 0.3) is 0 Å². The summed E-state index contributed by atoms with van der Waals surface area (Å²) in [6.45, 7) is 8.55. The van der Waals surface area contributed by atoms with Gasteiger partial charge in [-0.05, 0) is 51.5 Å². The van der Waals surface area contributed by atoms with E-state index in [1.165, 1.54) is 32.2 Å². The summed E-state index contributed by atoms with van der Waals surface area (Å²) in [5.41, 5.74) is 0. The van der Waals surface area contributed by atoms with Crippen LogP contribution < -0.4 is 5.32 Å². The molecule has 0 aromatic heterocycles. The minimum atomic E-state index is 0.726. The van der Waals surface area contributed by atoms with Crippen molar-refractivity contribution in [1.82, 2.24) is 10.2 Å². The predicted molar refractivity (Wildman–Crippen MR) is 69.6 cm³/mol. The number of likely N-dealkylation sites (N-methyl/N-ethyl adjacent to an activating group) is 1. The number of hydrogen-bond acceptors (Lipinski definition) is 2. The smallest absolute Gasteiger partial charge is 0.0254 e. The Balaban J connectivity index is 2.04. The van der Waals surface area contributed by atoms with E-state index in [9.17, 15) is 0 Å². The van der Waals surface area contributed by atoms with E-state index in [2.05, 4.69) is 38.0 Å². The molecule has 2 nitrogen and oxygen atoms in total. The molecule has 0 spiro atoms. The lowest BCUT2D eigenvalue weighted by Crippen LogP contribution is -2.53. The molecule has 1 aliphatic heterocycles. The average molecular weight is 224 g/mol. The highest BCUT2D eigenvalue weighted by molar-refractivity contribution is 4.94. The molecule has 1 heterocycles. The SMILES string of the molecule is CNC1CCC(C)CC1N1CC(C)CC1C. The highest BCUT2D eigenvalue weighted by atomic mass is 15.2. The first-order valence-electron chi connectivity index (χ1n) is 7.04. The maximum Gasteiger partial charge on any atom is 0.0254 e. The molecular formula is C14H28N2. The van der Waals surface area contributed by atoms with E-state index in [0.717, 1.165) is 30.0 Å². The number of likely N-dealkylation sites (tertiary alicyclic amines) is 1. The second kappa shape index (κ2) is 5.05. The Kier molecular flexibility index (Phi) is 3.91. The topological polar surface area (TPSA) is 15.3 Å². The molecule has 16 heavy (non-hydrogen) atoms. The largest absolute Gasteiger partial charge is 0.315 e. The van der Waals surface area contributed by atoms with E-state index in [1.807, 2.05) is 0 Å². The van der Waals surface area contributed by atoms with Crippen LogP contribution in [-0.2, 0) is 0 Å². The van der Waals surface area contributed by atoms with Crippen molar-refractivity contribution in [3.05, 3.63) is 0 Å². The zero-order valence-electron chi connectivity index (χ0n) is 11.4. The summed E-state index contributed by atoms with van der Waals surface area (Å²) in [6.07, 6.45) is 5.55. The molecule has 0 aromatic rings. The standard InChI is InChI=1S/C14H28N2/c1-10-5-6-13(15-4)14(8-10)16-9-11(2)7-12(16)3/h10-15H,5-9H2,1-4H3. The van der Waals surface area contributed by atoms with Crippen LogP contribution in [0.15, 0.2) is 0 Å². The van der Waals surface area contributed by atoms with E-state index < -0.39 is 0 Å². The molecule has 2 fully saturated rings. The lowest BCUT2D eigenvalue weighted by Gasteiger charge is -2.42. The fourth-order valence-electron chi connectivity index (χ4n) is 3.85. The molecule has 5 unspecified atom stereocenters. The van der Waals surface area contributed by atoms with Crippen LogP contribution >= 0.6 is 0 Å². The lowest BCUT2D eigenvalue weighted by molar-refractivity contribution is 0.0971. The van der Waals surface area contributed by atoms with Crippen LogP contribution in [0.25, 0.3) is 0 Å². The summed E-state index contributed by atoms with van der Waals surface area (Å²) in [6, 6.07) is 2.30. The van der Waals surface area contributed by atoms with Gasteiger partial charge in [0, 0.05) is 24.7 Å². The van der Waals surface area contributed by atoms with Crippen LogP contribution in [0.4, 0.5) is 0 Å². The Labute approximate surface area is 101 Å². The highest BCUT2D eigenvalue weighted by Crippen LogP contribution is 2.33. The van der Waals surface area contributed by atoms with E-state index in [1.54, 1.807) is 0 Å². The fourth-order valence-corrected chi connectivity index (χ4v) is 3.85. The van der Waals surface area contributed by atoms with Crippen molar-refractivity contribution in [2.75, 3.05) is 13.6 Å². The van der Waals surface area contributed by atoms with Gasteiger partial charge in [-0.15, -0.1) is 0 Å². The minimum absolute atomic E-state index is 0.726. The van der Waals surface area contributed by atoms with Crippen LogP contribution in [-0.4, -0.2) is 36.6 Å². The summed E-state index contributed by atoms with van der Waals surface area (Å²) >= 11 is 0. The molecule has 2 rings (SSSR count). The van der Waals surface area contributed by atoms with E-state index in [-0.39, 0.29) is 0 Å². The predicted octanol–water partition coefficient (Wildman–Crippen LogP) is 2.49. The maximum absolute atomic E-state index is 3.55. The summed E-state index contributed by atoms with van der Waals surface area (Å²) in [7, 11) is 2.14. The Morgan fingerprint density at radius 1 is 1.00 bits per heavy atom. The van der Waals surface area contributed by atoms with Gasteiger partial charge in [-0.3, -0.25) is 4.90 Å². The molecule has 0 amide bonds. The van der Waals surface area contributed by atoms with Crippen molar-refractivity contribution in [3.8, 4) is 0 Å². The summed E-state index contributed by atoms with van der Waals surface area (Å²) < 4.78 is 0. The lowest BCUT2D eigenvalue weighted by atomic mass is 9.82. The zero-order valence-corrected chi connectivity index (χ0v) is 11.4. The zero-order chi connectivity index (χ0) is 11.7. The molecular weight excluding hydrogens is 196 g/mol. The van der Waals surface area contributed by atoms with Crippen molar-refractivity contribution in [3.63, 3.8) is 0 Å². The van der Waals surface area contributed by atoms with E-state index in [0.29, 0.717) is 0 Å². The van der Waals surface area contributed by atoms with Gasteiger partial charge < -0.3 is 5.32 Å². The quantitative estimate of drug-likeness (QED) is 0.775. The third kappa shape index (κ3) is 2.43. The molecule has 1 saturated heterocycles. The van der Waals surface area contributed by atoms with Crippen molar-refractivity contribution < 1.29 is 0 Å². The molecule has 1 saturated carbocycles. The Morgan fingerprint density at radius 3 is 2.31 bits per heavy atom. The van der Waals surface area contributed by atoms with Gasteiger partial charge in [0.05, 0.1) is 0 Å². The van der Waals surface area contributed by atoms with Gasteiger partial charge in [0.1, 0.15) is 0 Å². The summed E-state index contributed by atoms with van der Waals surface area (Å²) in [5.74, 6) is 1.81. The van der Waals surface area contributed by atoms with Gasteiger partial charge >= 0.3 is 0 Å². The fraction of sp³-hybridized carbons (Fsp3) is 1.00. The molecule has 1 aliphatic carbocycles. The second-order valence-electron chi connectivity index (χ2n) is 6.27. The van der Waals surface area contributed by atoms with Crippen LogP contribution in [0.5, 0.6) is 0 Å². The van der Waals surface area contributed by atoms with Crippen LogP contribution in [0.3, 0.4) is 0 Å². The molecule has 0 aromatic carbocycles. The maximum atomic E-state index is 3.55. The van der Waals surface area contributed by atoms with Crippen LogP contribution in [0, 0.1) is 11.8 Å². The van der Waals surface area contributed by atoms with Crippen LogP contribution in [0.1, 0.15) is 46.5 Å². The van der Waals surface area contributed by atoms with Crippen LogP contribution in [0.2, 0.25) is 0 Å². The first-order valence-corrected chi connectivity index (χ1v) is 7.04. The third-order valence-electron chi connectivity index (χ3n) is 4.71. The third-order valence-corrected chi connectivity index (χ3v) is 4.71. The molecule has 1 N–H and O–H groups in total. The van der Waals surface area contributed by atoms with Crippen molar-refractivity contribution in [2.24, 2.45) is 11.8 Å². The molecule has 2 heteroatoms. The van der Waals surface area contributed by atoms with Crippen molar-refractivity contribution in [2.45, 2.75) is 64.6 Å². The van der Waals surface area contributed by atoms with Gasteiger partial charge in [-0.25, -0.2) is 0 Å². The average Bonchev–Trinajstić information content (AvgIpc) is 2.57. The highest BCUT2D eigenvalue weighted by Gasteiger charge is 2.37. The van der Waals surface area contributed by atoms with Gasteiger partial charge in [0.15, 0.2) is 0 Å². The van der Waals surface area contributed by atoms with Gasteiger partial charge in [-0.1, -0.05) is 13.8 Å². The number of hydrogen-bond donors (Lipinski definition) is 1. The van der Waals surface area contributed by atoms with Crippen molar-refractivity contribution >= 4 is 0 Å². The van der Waals surface area contributed by atoms with E-state index in [4.69, 9.17) is 0 Å². The van der Waals surface area contributed by atoms with Crippen molar-refractivity contribution in [1.29, 1.82) is 0 Å². The first-order chi connectivity index (χ1) is 7.61. The monoisotopic (exact) mass is 224 g/mol. The molecule has 94 valence electrons. The molecule has 2 aliphatic rings. The number of nitrogens with zero attached hydrogens (tertiary/aromatic N) is 1. The Hall–Kier alpha value is -0.0800. The molecule has 0 bridgehead atoms. The number of nitrogens with one attached hydrogen (secondary N) is 1. The van der Waals surface area contributed by atoms with Gasteiger partial charge in [-0.2, -0.15) is 0 Å². The second-order valence-corrected chi connectivity index (χ2v) is 6.27. The summed E-state index contributed by atoms with van der Waals surface area (Å²) in [5, 5.41) is 3.55. The molecule has 5 atom stereocenters. The Bertz CT molecular complexity index is 229. The minimum Gasteiger partial charge on any atom is -0.315 e. The molecule has 0 radical (unpaired) electrons. The summed E-state index contributed by atoms with van der Waals surface area (Å²) in [4.78, 5) is 2.78. The normalized spacial score (nSPS) is 46.1. The van der Waals surface area contributed by atoms with E-state index >= 15 is 0 Å².